The number of nitrogens with zero attached hydrogens (tertiary/aromatic N) is 2. The highest BCUT2D eigenvalue weighted by Crippen LogP contribution is 2.36. The molecule has 0 bridgehead atoms. The maximum absolute atomic E-state index is 12.6. The third-order valence-electron chi connectivity index (χ3n) is 5.12. The number of carbonyl (C=O) groups is 1. The molecule has 1 atom stereocenters. The van der Waals surface area contributed by atoms with Gasteiger partial charge in [0.15, 0.2) is 0 Å². The molecule has 4 nitrogen and oxygen atoms in total. The Kier molecular flexibility index (Phi) is 4.67. The predicted molar refractivity (Wildman–Crippen MR) is 86.9 cm³/mol. The number of carbonyl (C=O) groups excluding carboxylic acids is 1. The van der Waals surface area contributed by atoms with Gasteiger partial charge in [-0.15, -0.1) is 0 Å². The normalized spacial score (nSPS) is 23.2. The summed E-state index contributed by atoms with van der Waals surface area (Å²) in [6, 6.07) is 8.36. The summed E-state index contributed by atoms with van der Waals surface area (Å²) in [5.41, 5.74) is 1.20. The highest BCUT2D eigenvalue weighted by atomic mass is 16.5. The Labute approximate surface area is 133 Å². The van der Waals surface area contributed by atoms with Crippen LogP contribution in [0.5, 0.6) is 5.75 Å². The van der Waals surface area contributed by atoms with E-state index in [1.165, 1.54) is 5.56 Å². The van der Waals surface area contributed by atoms with Crippen LogP contribution in [0.25, 0.3) is 0 Å². The van der Waals surface area contributed by atoms with Gasteiger partial charge in [-0.2, -0.15) is 0 Å². The Morgan fingerprint density at radius 2 is 2.00 bits per heavy atom. The second-order valence-corrected chi connectivity index (χ2v) is 6.62. The summed E-state index contributed by atoms with van der Waals surface area (Å²) >= 11 is 0. The largest absolute Gasteiger partial charge is 0.497 e. The molecule has 2 heterocycles. The van der Waals surface area contributed by atoms with E-state index in [1.807, 2.05) is 17.0 Å². The van der Waals surface area contributed by atoms with Gasteiger partial charge in [-0.05, 0) is 63.0 Å². The minimum absolute atomic E-state index is 0.244. The van der Waals surface area contributed by atoms with Gasteiger partial charge in [0.05, 0.1) is 13.2 Å². The van der Waals surface area contributed by atoms with E-state index in [4.69, 9.17) is 4.74 Å². The molecular weight excluding hydrogens is 276 g/mol. The van der Waals surface area contributed by atoms with Crippen molar-refractivity contribution in [3.05, 3.63) is 29.8 Å². The third-order valence-corrected chi connectivity index (χ3v) is 5.12. The first-order valence-corrected chi connectivity index (χ1v) is 8.29. The fourth-order valence-corrected chi connectivity index (χ4v) is 3.51. The maximum atomic E-state index is 12.6. The van der Waals surface area contributed by atoms with Gasteiger partial charge in [-0.3, -0.25) is 4.79 Å². The molecule has 2 aliphatic rings. The van der Waals surface area contributed by atoms with Gasteiger partial charge >= 0.3 is 0 Å². The van der Waals surface area contributed by atoms with Gasteiger partial charge in [0.1, 0.15) is 5.75 Å². The zero-order valence-electron chi connectivity index (χ0n) is 13.6. The number of ether oxygens (including phenoxy) is 1. The van der Waals surface area contributed by atoms with Crippen molar-refractivity contribution in [1.29, 1.82) is 0 Å². The van der Waals surface area contributed by atoms with Crippen LogP contribution in [0.3, 0.4) is 0 Å². The first kappa shape index (κ1) is 15.3. The van der Waals surface area contributed by atoms with Crippen molar-refractivity contribution in [1.82, 2.24) is 9.80 Å². The lowest BCUT2D eigenvalue weighted by Gasteiger charge is -2.42. The smallest absolute Gasteiger partial charge is 0.223 e. The van der Waals surface area contributed by atoms with Gasteiger partial charge in [0.2, 0.25) is 5.91 Å². The van der Waals surface area contributed by atoms with E-state index in [0.29, 0.717) is 18.2 Å². The molecule has 4 heteroatoms. The van der Waals surface area contributed by atoms with Crippen molar-refractivity contribution < 1.29 is 9.53 Å². The minimum Gasteiger partial charge on any atom is -0.497 e. The topological polar surface area (TPSA) is 32.8 Å². The molecule has 0 N–H and O–H groups in total. The van der Waals surface area contributed by atoms with E-state index in [-0.39, 0.29) is 6.04 Å². The number of rotatable bonds is 4. The van der Waals surface area contributed by atoms with E-state index in [2.05, 4.69) is 24.1 Å². The van der Waals surface area contributed by atoms with Crippen LogP contribution in [0.15, 0.2) is 24.3 Å². The average Bonchev–Trinajstić information content (AvgIpc) is 2.49. The predicted octanol–water partition coefficient (Wildman–Crippen LogP) is 2.70. The standard InChI is InChI=1S/C18H26N2O2/c1-19-9-6-14(7-10-19)12-18(21)20-11-8-17(20)15-4-3-5-16(13-15)22-2/h3-5,13-14,17H,6-12H2,1-2H3. The summed E-state index contributed by atoms with van der Waals surface area (Å²) in [4.78, 5) is 17.0. The number of amides is 1. The van der Waals surface area contributed by atoms with E-state index >= 15 is 0 Å². The van der Waals surface area contributed by atoms with Gasteiger partial charge in [-0.25, -0.2) is 0 Å². The van der Waals surface area contributed by atoms with Crippen LogP contribution < -0.4 is 4.74 Å². The Morgan fingerprint density at radius 3 is 2.64 bits per heavy atom. The van der Waals surface area contributed by atoms with Crippen molar-refractivity contribution in [2.75, 3.05) is 33.8 Å². The molecule has 0 spiro atoms. The molecule has 1 aromatic rings. The van der Waals surface area contributed by atoms with Crippen LogP contribution in [0, 0.1) is 5.92 Å². The zero-order valence-corrected chi connectivity index (χ0v) is 13.6. The molecule has 1 unspecified atom stereocenters. The molecule has 22 heavy (non-hydrogen) atoms. The van der Waals surface area contributed by atoms with Crippen molar-refractivity contribution in [3.8, 4) is 5.75 Å². The Hall–Kier alpha value is -1.55. The molecule has 3 rings (SSSR count). The summed E-state index contributed by atoms with van der Waals surface area (Å²) in [5, 5.41) is 0. The van der Waals surface area contributed by atoms with Crippen molar-refractivity contribution >= 4 is 5.91 Å². The molecule has 120 valence electrons. The summed E-state index contributed by atoms with van der Waals surface area (Å²) in [5.74, 6) is 1.76. The fraction of sp³-hybridized carbons (Fsp3) is 0.611. The van der Waals surface area contributed by atoms with E-state index < -0.39 is 0 Å². The third kappa shape index (κ3) is 3.27. The van der Waals surface area contributed by atoms with Crippen molar-refractivity contribution in [2.45, 2.75) is 31.7 Å². The molecule has 2 aliphatic heterocycles. The van der Waals surface area contributed by atoms with Gasteiger partial charge in [0, 0.05) is 13.0 Å². The quantitative estimate of drug-likeness (QED) is 0.857. The molecule has 1 aromatic carbocycles. The van der Waals surface area contributed by atoms with E-state index in [0.717, 1.165) is 44.6 Å². The fourth-order valence-electron chi connectivity index (χ4n) is 3.51. The number of methoxy groups -OCH3 is 1. The number of likely N-dealkylation sites (tertiary alicyclic amines) is 2. The molecule has 0 saturated carbocycles. The average molecular weight is 302 g/mol. The van der Waals surface area contributed by atoms with Crippen LogP contribution in [0.2, 0.25) is 0 Å². The number of benzene rings is 1. The summed E-state index contributed by atoms with van der Waals surface area (Å²) in [6.45, 7) is 3.14. The first-order valence-electron chi connectivity index (χ1n) is 8.29. The number of piperidine rings is 1. The Balaban J connectivity index is 1.59. The summed E-state index contributed by atoms with van der Waals surface area (Å²) in [7, 11) is 3.84. The number of hydrogen-bond donors (Lipinski definition) is 0. The van der Waals surface area contributed by atoms with Crippen LogP contribution in [0.1, 0.15) is 37.3 Å². The Bertz CT molecular complexity index is 524. The second-order valence-electron chi connectivity index (χ2n) is 6.62. The zero-order chi connectivity index (χ0) is 15.5. The van der Waals surface area contributed by atoms with Crippen LogP contribution in [0.4, 0.5) is 0 Å². The van der Waals surface area contributed by atoms with Gasteiger partial charge in [-0.1, -0.05) is 12.1 Å². The monoisotopic (exact) mass is 302 g/mol. The van der Waals surface area contributed by atoms with Crippen molar-refractivity contribution in [2.24, 2.45) is 5.92 Å². The van der Waals surface area contributed by atoms with Crippen LogP contribution >= 0.6 is 0 Å². The lowest BCUT2D eigenvalue weighted by atomic mass is 9.90. The molecule has 2 saturated heterocycles. The van der Waals surface area contributed by atoms with Crippen LogP contribution in [-0.4, -0.2) is 49.5 Å². The first-order chi connectivity index (χ1) is 10.7. The minimum atomic E-state index is 0.244. The summed E-state index contributed by atoms with van der Waals surface area (Å²) < 4.78 is 5.29. The highest BCUT2D eigenvalue weighted by Gasteiger charge is 2.34. The molecular formula is C18H26N2O2. The molecule has 0 radical (unpaired) electrons. The lowest BCUT2D eigenvalue weighted by Crippen LogP contribution is -2.46. The highest BCUT2D eigenvalue weighted by molar-refractivity contribution is 5.78. The summed E-state index contributed by atoms with van der Waals surface area (Å²) in [6.07, 6.45) is 4.08. The number of hydrogen-bond acceptors (Lipinski definition) is 3. The molecule has 0 aliphatic carbocycles. The van der Waals surface area contributed by atoms with Crippen LogP contribution in [-0.2, 0) is 4.79 Å². The lowest BCUT2D eigenvalue weighted by molar-refractivity contribution is -0.140. The Morgan fingerprint density at radius 1 is 1.23 bits per heavy atom. The maximum Gasteiger partial charge on any atom is 0.223 e. The van der Waals surface area contributed by atoms with Gasteiger partial charge in [0.25, 0.3) is 0 Å². The van der Waals surface area contributed by atoms with Gasteiger partial charge < -0.3 is 14.5 Å². The van der Waals surface area contributed by atoms with E-state index in [1.54, 1.807) is 7.11 Å². The SMILES string of the molecule is COc1cccc(C2CCN2C(=O)CC2CCN(C)CC2)c1. The van der Waals surface area contributed by atoms with E-state index in [9.17, 15) is 4.79 Å². The second kappa shape index (κ2) is 6.69. The van der Waals surface area contributed by atoms with Crippen molar-refractivity contribution in [3.63, 3.8) is 0 Å². The molecule has 1 amide bonds. The molecule has 0 aromatic heterocycles. The molecule has 2 fully saturated rings.